The molecule has 1 unspecified atom stereocenters. The molecule has 0 heterocycles. The summed E-state index contributed by atoms with van der Waals surface area (Å²) in [6, 6.07) is 10.8. The second-order valence-electron chi connectivity index (χ2n) is 4.20. The molecule has 82 valence electrons. The summed E-state index contributed by atoms with van der Waals surface area (Å²) in [5.41, 5.74) is 4.45. The van der Waals surface area contributed by atoms with E-state index in [4.69, 9.17) is 10.6 Å². The van der Waals surface area contributed by atoms with Crippen LogP contribution in [0.25, 0.3) is 0 Å². The zero-order valence-corrected chi connectivity index (χ0v) is 9.07. The number of ether oxygens (including phenoxy) is 1. The van der Waals surface area contributed by atoms with Crippen LogP contribution in [0.4, 0.5) is 0 Å². The lowest BCUT2D eigenvalue weighted by Crippen LogP contribution is -2.47. The fraction of sp³-hybridized carbons (Fsp3) is 0.500. The molecule has 0 bridgehead atoms. The third kappa shape index (κ3) is 1.91. The van der Waals surface area contributed by atoms with Gasteiger partial charge in [-0.1, -0.05) is 30.3 Å². The van der Waals surface area contributed by atoms with Crippen LogP contribution in [0, 0.1) is 0 Å². The van der Waals surface area contributed by atoms with Gasteiger partial charge >= 0.3 is 0 Å². The Morgan fingerprint density at radius 1 is 1.40 bits per heavy atom. The first-order chi connectivity index (χ1) is 7.33. The van der Waals surface area contributed by atoms with E-state index < -0.39 is 0 Å². The molecule has 1 aliphatic carbocycles. The van der Waals surface area contributed by atoms with E-state index >= 15 is 0 Å². The van der Waals surface area contributed by atoms with Gasteiger partial charge < -0.3 is 4.74 Å². The van der Waals surface area contributed by atoms with Gasteiger partial charge in [0.2, 0.25) is 0 Å². The highest BCUT2D eigenvalue weighted by Gasteiger charge is 2.50. The van der Waals surface area contributed by atoms with Crippen LogP contribution in [0.15, 0.2) is 30.3 Å². The largest absolute Gasteiger partial charge is 0.383 e. The minimum atomic E-state index is 0.200. The lowest BCUT2D eigenvalue weighted by Gasteiger charge is -2.26. The van der Waals surface area contributed by atoms with Crippen LogP contribution in [-0.4, -0.2) is 19.8 Å². The van der Waals surface area contributed by atoms with Crippen molar-refractivity contribution in [3.05, 3.63) is 35.9 Å². The van der Waals surface area contributed by atoms with Gasteiger partial charge in [-0.05, 0) is 18.4 Å². The van der Waals surface area contributed by atoms with Crippen molar-refractivity contribution in [2.24, 2.45) is 5.84 Å². The summed E-state index contributed by atoms with van der Waals surface area (Å²) in [6.07, 6.45) is 2.38. The number of hydrogen-bond donors (Lipinski definition) is 2. The average Bonchev–Trinajstić information content (AvgIpc) is 3.08. The Hall–Kier alpha value is -0.900. The van der Waals surface area contributed by atoms with Crippen LogP contribution in [0.3, 0.4) is 0 Å². The van der Waals surface area contributed by atoms with Gasteiger partial charge in [-0.15, -0.1) is 0 Å². The average molecular weight is 206 g/mol. The minimum Gasteiger partial charge on any atom is -0.383 e. The van der Waals surface area contributed by atoms with Crippen molar-refractivity contribution in [2.75, 3.05) is 13.7 Å². The van der Waals surface area contributed by atoms with Gasteiger partial charge in [0.1, 0.15) is 0 Å². The molecular weight excluding hydrogens is 188 g/mol. The Morgan fingerprint density at radius 2 is 2.07 bits per heavy atom. The summed E-state index contributed by atoms with van der Waals surface area (Å²) < 4.78 is 5.20. The normalized spacial score (nSPS) is 19.9. The number of hydrazine groups is 1. The van der Waals surface area contributed by atoms with Crippen molar-refractivity contribution in [3.8, 4) is 0 Å². The van der Waals surface area contributed by atoms with Crippen LogP contribution >= 0.6 is 0 Å². The van der Waals surface area contributed by atoms with E-state index in [1.807, 2.05) is 6.07 Å². The Bertz CT molecular complexity index is 309. The van der Waals surface area contributed by atoms with Gasteiger partial charge in [0.15, 0.2) is 0 Å². The zero-order chi connectivity index (χ0) is 10.7. The van der Waals surface area contributed by atoms with Crippen molar-refractivity contribution in [1.82, 2.24) is 5.43 Å². The standard InChI is InChI=1S/C12H18N2O/c1-15-9-11(14-13)12(7-8-12)10-5-3-2-4-6-10/h2-6,11,14H,7-9,13H2,1H3. The molecule has 0 aliphatic heterocycles. The topological polar surface area (TPSA) is 47.3 Å². The smallest absolute Gasteiger partial charge is 0.0638 e. The van der Waals surface area contributed by atoms with Crippen molar-refractivity contribution >= 4 is 0 Å². The van der Waals surface area contributed by atoms with Crippen LogP contribution in [-0.2, 0) is 10.2 Å². The van der Waals surface area contributed by atoms with E-state index in [2.05, 4.69) is 29.7 Å². The minimum absolute atomic E-state index is 0.200. The number of hydrogen-bond acceptors (Lipinski definition) is 3. The van der Waals surface area contributed by atoms with Crippen molar-refractivity contribution in [1.29, 1.82) is 0 Å². The maximum Gasteiger partial charge on any atom is 0.0638 e. The summed E-state index contributed by atoms with van der Waals surface area (Å²) in [5.74, 6) is 5.59. The molecule has 1 aromatic carbocycles. The Balaban J connectivity index is 2.19. The zero-order valence-electron chi connectivity index (χ0n) is 9.07. The predicted molar refractivity (Wildman–Crippen MR) is 60.3 cm³/mol. The molecule has 3 N–H and O–H groups in total. The number of benzene rings is 1. The van der Waals surface area contributed by atoms with Crippen LogP contribution in [0.2, 0.25) is 0 Å². The second kappa shape index (κ2) is 4.31. The summed E-state index contributed by atoms with van der Waals surface area (Å²) in [6.45, 7) is 0.658. The molecule has 1 atom stereocenters. The molecule has 1 aliphatic rings. The molecule has 15 heavy (non-hydrogen) atoms. The monoisotopic (exact) mass is 206 g/mol. The van der Waals surface area contributed by atoms with Crippen LogP contribution in [0.1, 0.15) is 18.4 Å². The lowest BCUT2D eigenvalue weighted by molar-refractivity contribution is 0.150. The van der Waals surface area contributed by atoms with E-state index in [1.54, 1.807) is 7.11 Å². The molecule has 1 saturated carbocycles. The third-order valence-electron chi connectivity index (χ3n) is 3.34. The summed E-state index contributed by atoms with van der Waals surface area (Å²) in [4.78, 5) is 0. The van der Waals surface area contributed by atoms with Crippen LogP contribution < -0.4 is 11.3 Å². The fourth-order valence-corrected chi connectivity index (χ4v) is 2.28. The molecule has 0 spiro atoms. The Labute approximate surface area is 90.6 Å². The van der Waals surface area contributed by atoms with Crippen molar-refractivity contribution < 1.29 is 4.74 Å². The first-order valence-electron chi connectivity index (χ1n) is 5.34. The van der Waals surface area contributed by atoms with Gasteiger partial charge in [-0.2, -0.15) is 0 Å². The van der Waals surface area contributed by atoms with Gasteiger partial charge in [-0.3, -0.25) is 11.3 Å². The van der Waals surface area contributed by atoms with Gasteiger partial charge in [-0.25, -0.2) is 0 Å². The molecule has 0 saturated heterocycles. The molecule has 0 amide bonds. The SMILES string of the molecule is COCC(NN)C1(c2ccccc2)CC1. The summed E-state index contributed by atoms with van der Waals surface area (Å²) in [7, 11) is 1.71. The lowest BCUT2D eigenvalue weighted by atomic mass is 9.89. The number of methoxy groups -OCH3 is 1. The van der Waals surface area contributed by atoms with Gasteiger partial charge in [0, 0.05) is 12.5 Å². The molecule has 0 radical (unpaired) electrons. The molecule has 1 fully saturated rings. The quantitative estimate of drug-likeness (QED) is 0.562. The predicted octanol–water partition coefficient (Wildman–Crippen LogP) is 1.20. The highest BCUT2D eigenvalue weighted by molar-refractivity contribution is 5.33. The second-order valence-corrected chi connectivity index (χ2v) is 4.20. The summed E-state index contributed by atoms with van der Waals surface area (Å²) >= 11 is 0. The summed E-state index contributed by atoms with van der Waals surface area (Å²) in [5, 5.41) is 0. The number of nitrogens with two attached hydrogens (primary N) is 1. The van der Waals surface area contributed by atoms with Gasteiger partial charge in [0.05, 0.1) is 12.6 Å². The van der Waals surface area contributed by atoms with E-state index in [-0.39, 0.29) is 11.5 Å². The Morgan fingerprint density at radius 3 is 2.53 bits per heavy atom. The van der Waals surface area contributed by atoms with E-state index in [9.17, 15) is 0 Å². The number of nitrogens with one attached hydrogen (secondary N) is 1. The van der Waals surface area contributed by atoms with E-state index in [1.165, 1.54) is 18.4 Å². The maximum absolute atomic E-state index is 5.59. The molecular formula is C12H18N2O. The maximum atomic E-state index is 5.59. The van der Waals surface area contributed by atoms with E-state index in [0.717, 1.165) is 0 Å². The highest BCUT2D eigenvalue weighted by atomic mass is 16.5. The van der Waals surface area contributed by atoms with E-state index in [0.29, 0.717) is 6.61 Å². The van der Waals surface area contributed by atoms with Crippen molar-refractivity contribution in [3.63, 3.8) is 0 Å². The molecule has 2 rings (SSSR count). The van der Waals surface area contributed by atoms with Crippen molar-refractivity contribution in [2.45, 2.75) is 24.3 Å². The third-order valence-corrected chi connectivity index (χ3v) is 3.34. The van der Waals surface area contributed by atoms with Crippen LogP contribution in [0.5, 0.6) is 0 Å². The number of rotatable bonds is 5. The highest BCUT2D eigenvalue weighted by Crippen LogP contribution is 2.50. The fourth-order valence-electron chi connectivity index (χ4n) is 2.28. The van der Waals surface area contributed by atoms with Gasteiger partial charge in [0.25, 0.3) is 0 Å². The molecule has 1 aromatic rings. The Kier molecular flexibility index (Phi) is 3.05. The first kappa shape index (κ1) is 10.6. The first-order valence-corrected chi connectivity index (χ1v) is 5.34. The molecule has 3 nitrogen and oxygen atoms in total. The molecule has 3 heteroatoms. The molecule has 0 aromatic heterocycles.